The van der Waals surface area contributed by atoms with Gasteiger partial charge in [0.15, 0.2) is 0 Å². The lowest BCUT2D eigenvalue weighted by atomic mass is 9.48. The first-order valence-corrected chi connectivity index (χ1v) is 11.0. The number of carbonyl (C=O) groups is 1. The quantitative estimate of drug-likeness (QED) is 0.394. The zero-order chi connectivity index (χ0) is 19.3. The van der Waals surface area contributed by atoms with Gasteiger partial charge in [-0.1, -0.05) is 25.5 Å². The van der Waals surface area contributed by atoms with E-state index in [-0.39, 0.29) is 22.5 Å². The van der Waals surface area contributed by atoms with E-state index in [0.717, 1.165) is 50.9 Å². The molecule has 4 rings (SSSR count). The van der Waals surface area contributed by atoms with E-state index in [9.17, 15) is 9.90 Å². The molecule has 9 heteroatoms. The summed E-state index contributed by atoms with van der Waals surface area (Å²) in [6.07, 6.45) is 10.7. The third-order valence-electron chi connectivity index (χ3n) is 7.79. The van der Waals surface area contributed by atoms with Gasteiger partial charge < -0.3 is 16.1 Å². The summed E-state index contributed by atoms with van der Waals surface area (Å²) in [5.74, 6) is 2.60. The maximum atomic E-state index is 12.4. The van der Waals surface area contributed by atoms with E-state index < -0.39 is 10.4 Å². The third-order valence-corrected chi connectivity index (χ3v) is 7.79. The van der Waals surface area contributed by atoms with Gasteiger partial charge in [0.1, 0.15) is 5.78 Å². The Balaban J connectivity index is 0.000000504. The maximum Gasteiger partial charge on any atom is 0.394 e. The summed E-state index contributed by atoms with van der Waals surface area (Å²) in [5, 5.41) is 10.00. The van der Waals surface area contributed by atoms with E-state index in [0.29, 0.717) is 23.0 Å². The summed E-state index contributed by atoms with van der Waals surface area (Å²) >= 11 is 0. The number of ketones is 1. The molecule has 0 spiro atoms. The Morgan fingerprint density at radius 2 is 1.54 bits per heavy atom. The lowest BCUT2D eigenvalue weighted by molar-refractivity contribution is -0.132. The van der Waals surface area contributed by atoms with Crippen molar-refractivity contribution >= 4 is 16.2 Å². The minimum atomic E-state index is -4.67. The highest BCUT2D eigenvalue weighted by atomic mass is 32.3. The van der Waals surface area contributed by atoms with Crippen LogP contribution in [0.3, 0.4) is 0 Å². The Hall–Kier alpha value is -0.840. The standard InChI is InChI=1S/C19H28O2.H2O4S.2H2O/c1-18-9-7-13(20)11-12(18)3-4-14-15-5-6-17(21)19(15,2)10-8-16(14)18;1-5(2,3)4;;/h3,13-16,20H,4-11H2,1-2H3;(H2,1,2,3,4);2*1H2/t13-,14-,15-,16-,18-,19-;;;/m0.../s1. The Labute approximate surface area is 166 Å². The molecule has 0 aliphatic heterocycles. The highest BCUT2D eigenvalue weighted by Gasteiger charge is 2.58. The van der Waals surface area contributed by atoms with Gasteiger partial charge in [-0.2, -0.15) is 8.42 Å². The molecule has 0 bridgehead atoms. The number of hydrogen-bond acceptors (Lipinski definition) is 4. The lowest BCUT2D eigenvalue weighted by Crippen LogP contribution is -2.50. The van der Waals surface area contributed by atoms with Crippen LogP contribution in [0.1, 0.15) is 65.2 Å². The second-order valence-electron chi connectivity index (χ2n) is 9.02. The Bertz CT molecular complexity index is 709. The molecule has 3 saturated carbocycles. The molecule has 6 atom stereocenters. The first kappa shape index (κ1) is 25.2. The normalized spacial score (nSPS) is 41.6. The van der Waals surface area contributed by atoms with Crippen molar-refractivity contribution in [3.8, 4) is 0 Å². The molecule has 0 amide bonds. The number of hydrogen-bond donors (Lipinski definition) is 3. The van der Waals surface area contributed by atoms with Crippen LogP contribution in [-0.4, -0.2) is 45.5 Å². The molecule has 4 aliphatic carbocycles. The van der Waals surface area contributed by atoms with Crippen molar-refractivity contribution in [2.45, 2.75) is 71.3 Å². The summed E-state index contributed by atoms with van der Waals surface area (Å²) in [6, 6.07) is 0. The Morgan fingerprint density at radius 1 is 1.00 bits per heavy atom. The predicted molar refractivity (Wildman–Crippen MR) is 104 cm³/mol. The second kappa shape index (κ2) is 8.49. The fourth-order valence-corrected chi connectivity index (χ4v) is 6.41. The van der Waals surface area contributed by atoms with Crippen molar-refractivity contribution in [1.82, 2.24) is 0 Å². The number of fused-ring (bicyclic) bond motifs is 5. The fraction of sp³-hybridized carbons (Fsp3) is 0.842. The van der Waals surface area contributed by atoms with Gasteiger partial charge in [-0.15, -0.1) is 0 Å². The average Bonchev–Trinajstić information content (AvgIpc) is 2.82. The molecule has 0 aromatic carbocycles. The molecule has 7 N–H and O–H groups in total. The topological polar surface area (TPSA) is 175 Å². The van der Waals surface area contributed by atoms with E-state index in [2.05, 4.69) is 19.9 Å². The van der Waals surface area contributed by atoms with E-state index in [1.54, 1.807) is 0 Å². The summed E-state index contributed by atoms with van der Waals surface area (Å²) in [4.78, 5) is 12.4. The number of aliphatic hydroxyl groups excluding tert-OH is 1. The summed E-state index contributed by atoms with van der Waals surface area (Å²) in [7, 11) is -4.67. The minimum Gasteiger partial charge on any atom is -0.412 e. The molecule has 0 aromatic rings. The van der Waals surface area contributed by atoms with Crippen LogP contribution in [0.25, 0.3) is 0 Å². The van der Waals surface area contributed by atoms with Crippen LogP contribution < -0.4 is 0 Å². The smallest absolute Gasteiger partial charge is 0.394 e. The van der Waals surface area contributed by atoms with E-state index in [1.165, 1.54) is 12.0 Å². The van der Waals surface area contributed by atoms with Gasteiger partial charge in [-0.3, -0.25) is 13.9 Å². The number of Topliss-reactive ketones (excluding diaryl/α,β-unsaturated/α-hetero) is 1. The van der Waals surface area contributed by atoms with Crippen LogP contribution >= 0.6 is 0 Å². The van der Waals surface area contributed by atoms with Crippen molar-refractivity contribution in [1.29, 1.82) is 0 Å². The van der Waals surface area contributed by atoms with Gasteiger partial charge in [0, 0.05) is 11.8 Å². The van der Waals surface area contributed by atoms with E-state index in [4.69, 9.17) is 17.5 Å². The molecule has 28 heavy (non-hydrogen) atoms. The number of carbonyl (C=O) groups excluding carboxylic acids is 1. The number of aliphatic hydroxyl groups is 1. The molecule has 4 aliphatic rings. The Kier molecular flexibility index (Phi) is 7.64. The monoisotopic (exact) mass is 422 g/mol. The predicted octanol–water partition coefficient (Wildman–Crippen LogP) is 1.58. The summed E-state index contributed by atoms with van der Waals surface area (Å²) < 4.78 is 31.6. The second-order valence-corrected chi connectivity index (χ2v) is 9.92. The maximum absolute atomic E-state index is 12.4. The van der Waals surface area contributed by atoms with Crippen molar-refractivity contribution < 1.29 is 38.4 Å². The lowest BCUT2D eigenvalue weighted by Gasteiger charge is -2.56. The third kappa shape index (κ3) is 4.49. The average molecular weight is 423 g/mol. The van der Waals surface area contributed by atoms with Gasteiger partial charge in [0.2, 0.25) is 0 Å². The van der Waals surface area contributed by atoms with Crippen LogP contribution in [-0.2, 0) is 15.2 Å². The SMILES string of the molecule is C[C@]12CC[C@H](O)CC1=CC[C@@H]1[C@@H]2CC[C@]2(C)C(=O)CC[C@@H]12.O.O.O=S(=O)(O)O. The number of allylic oxidation sites excluding steroid dienone is 1. The summed E-state index contributed by atoms with van der Waals surface area (Å²) in [5.41, 5.74) is 1.81. The van der Waals surface area contributed by atoms with Crippen molar-refractivity contribution in [2.75, 3.05) is 0 Å². The molecule has 0 saturated heterocycles. The highest BCUT2D eigenvalue weighted by Crippen LogP contribution is 2.63. The molecule has 0 radical (unpaired) electrons. The Morgan fingerprint density at radius 3 is 2.14 bits per heavy atom. The van der Waals surface area contributed by atoms with Gasteiger partial charge in [-0.05, 0) is 68.1 Å². The summed E-state index contributed by atoms with van der Waals surface area (Å²) in [6.45, 7) is 4.69. The molecule has 0 heterocycles. The van der Waals surface area contributed by atoms with Crippen molar-refractivity contribution in [3.63, 3.8) is 0 Å². The van der Waals surface area contributed by atoms with Gasteiger partial charge in [0.05, 0.1) is 6.10 Å². The zero-order valence-electron chi connectivity index (χ0n) is 16.5. The van der Waals surface area contributed by atoms with Crippen LogP contribution in [0.15, 0.2) is 11.6 Å². The minimum absolute atomic E-state index is 0. The largest absolute Gasteiger partial charge is 0.412 e. The first-order chi connectivity index (χ1) is 11.9. The molecule has 0 unspecified atom stereocenters. The molecular formula is C19H34O8S. The fourth-order valence-electron chi connectivity index (χ4n) is 6.41. The zero-order valence-corrected chi connectivity index (χ0v) is 17.3. The molecule has 8 nitrogen and oxygen atoms in total. The van der Waals surface area contributed by atoms with Gasteiger partial charge in [0.25, 0.3) is 0 Å². The number of rotatable bonds is 0. The first-order valence-electron chi connectivity index (χ1n) is 9.56. The van der Waals surface area contributed by atoms with Gasteiger partial charge >= 0.3 is 10.4 Å². The molecule has 164 valence electrons. The van der Waals surface area contributed by atoms with E-state index >= 15 is 0 Å². The van der Waals surface area contributed by atoms with Crippen LogP contribution in [0.2, 0.25) is 0 Å². The van der Waals surface area contributed by atoms with Gasteiger partial charge in [-0.25, -0.2) is 0 Å². The van der Waals surface area contributed by atoms with Crippen LogP contribution in [0.4, 0.5) is 0 Å². The van der Waals surface area contributed by atoms with Crippen LogP contribution in [0, 0.1) is 28.6 Å². The molecule has 0 aromatic heterocycles. The van der Waals surface area contributed by atoms with Crippen molar-refractivity contribution in [3.05, 3.63) is 11.6 Å². The molecular weight excluding hydrogens is 388 g/mol. The highest BCUT2D eigenvalue weighted by molar-refractivity contribution is 7.79. The van der Waals surface area contributed by atoms with E-state index in [1.807, 2.05) is 0 Å². The van der Waals surface area contributed by atoms with Crippen molar-refractivity contribution in [2.24, 2.45) is 28.6 Å². The van der Waals surface area contributed by atoms with Crippen LogP contribution in [0.5, 0.6) is 0 Å². The molecule has 3 fully saturated rings.